The SMILES string of the molecule is CC1CCCCC[C@@H]2C[C@H]12. The summed E-state index contributed by atoms with van der Waals surface area (Å²) in [7, 11) is 0. The molecule has 0 bridgehead atoms. The van der Waals surface area contributed by atoms with Crippen molar-refractivity contribution in [2.45, 2.75) is 45.4 Å². The molecule has 0 aliphatic heterocycles. The molecule has 58 valence electrons. The lowest BCUT2D eigenvalue weighted by molar-refractivity contribution is 0.382. The molecule has 2 fully saturated rings. The Morgan fingerprint density at radius 1 is 1.00 bits per heavy atom. The fraction of sp³-hybridized carbons (Fsp3) is 1.00. The zero-order chi connectivity index (χ0) is 6.97. The molecule has 2 saturated carbocycles. The summed E-state index contributed by atoms with van der Waals surface area (Å²) in [6, 6.07) is 0. The smallest absolute Gasteiger partial charge is 0.0357 e. The quantitative estimate of drug-likeness (QED) is 0.482. The molecule has 0 aromatic heterocycles. The van der Waals surface area contributed by atoms with E-state index in [0.29, 0.717) is 0 Å². The van der Waals surface area contributed by atoms with Crippen LogP contribution in [-0.4, -0.2) is 0 Å². The van der Waals surface area contributed by atoms with E-state index in [-0.39, 0.29) is 0 Å². The molecule has 2 aliphatic carbocycles. The van der Waals surface area contributed by atoms with E-state index in [1.807, 2.05) is 0 Å². The van der Waals surface area contributed by atoms with Gasteiger partial charge in [0.25, 0.3) is 0 Å². The maximum absolute atomic E-state index is 2.45. The van der Waals surface area contributed by atoms with Crippen LogP contribution in [0.25, 0.3) is 0 Å². The summed E-state index contributed by atoms with van der Waals surface area (Å²) in [6.07, 6.45) is 9.17. The lowest BCUT2D eigenvalue weighted by Gasteiger charge is -2.13. The highest BCUT2D eigenvalue weighted by Crippen LogP contribution is 2.50. The van der Waals surface area contributed by atoms with Gasteiger partial charge in [-0.2, -0.15) is 0 Å². The van der Waals surface area contributed by atoms with Crippen molar-refractivity contribution in [1.29, 1.82) is 0 Å². The van der Waals surface area contributed by atoms with Gasteiger partial charge in [0.15, 0.2) is 0 Å². The van der Waals surface area contributed by atoms with E-state index < -0.39 is 0 Å². The predicted molar refractivity (Wildman–Crippen MR) is 43.8 cm³/mol. The fourth-order valence-electron chi connectivity index (χ4n) is 2.56. The molecule has 0 radical (unpaired) electrons. The zero-order valence-corrected chi connectivity index (χ0v) is 6.97. The minimum Gasteiger partial charge on any atom is -0.0622 e. The molecular formula is C10H18. The number of hydrogen-bond donors (Lipinski definition) is 0. The monoisotopic (exact) mass is 138 g/mol. The Morgan fingerprint density at radius 2 is 1.80 bits per heavy atom. The minimum absolute atomic E-state index is 1.06. The summed E-state index contributed by atoms with van der Waals surface area (Å²) in [5, 5.41) is 0. The van der Waals surface area contributed by atoms with Crippen LogP contribution in [0.5, 0.6) is 0 Å². The first-order chi connectivity index (χ1) is 4.88. The molecule has 0 nitrogen and oxygen atoms in total. The highest BCUT2D eigenvalue weighted by molar-refractivity contribution is 4.90. The molecule has 0 spiro atoms. The fourth-order valence-corrected chi connectivity index (χ4v) is 2.56. The summed E-state index contributed by atoms with van der Waals surface area (Å²) in [5.41, 5.74) is 0. The van der Waals surface area contributed by atoms with Gasteiger partial charge in [0, 0.05) is 0 Å². The van der Waals surface area contributed by atoms with Crippen molar-refractivity contribution < 1.29 is 0 Å². The minimum atomic E-state index is 1.06. The standard InChI is InChI=1S/C10H18/c1-8-5-3-2-4-6-9-7-10(8)9/h8-10H,2-7H2,1H3/t8?,9-,10-/m1/s1. The molecule has 1 unspecified atom stereocenters. The molecule has 0 saturated heterocycles. The van der Waals surface area contributed by atoms with Crippen LogP contribution in [0, 0.1) is 17.8 Å². The van der Waals surface area contributed by atoms with Gasteiger partial charge in [-0.15, -0.1) is 0 Å². The Hall–Kier alpha value is 0. The van der Waals surface area contributed by atoms with Crippen LogP contribution in [0.3, 0.4) is 0 Å². The van der Waals surface area contributed by atoms with Gasteiger partial charge >= 0.3 is 0 Å². The van der Waals surface area contributed by atoms with Crippen LogP contribution in [0.1, 0.15) is 45.4 Å². The molecule has 3 atom stereocenters. The van der Waals surface area contributed by atoms with Crippen LogP contribution in [0.2, 0.25) is 0 Å². The van der Waals surface area contributed by atoms with Crippen LogP contribution in [0.15, 0.2) is 0 Å². The Balaban J connectivity index is 1.88. The second kappa shape index (κ2) is 2.56. The number of hydrogen-bond acceptors (Lipinski definition) is 0. The first-order valence-electron chi connectivity index (χ1n) is 4.88. The van der Waals surface area contributed by atoms with Crippen molar-refractivity contribution in [2.75, 3.05) is 0 Å². The van der Waals surface area contributed by atoms with E-state index in [9.17, 15) is 0 Å². The largest absolute Gasteiger partial charge is 0.0622 e. The maximum atomic E-state index is 2.45. The lowest BCUT2D eigenvalue weighted by Crippen LogP contribution is -2.02. The molecule has 0 aromatic rings. The summed E-state index contributed by atoms with van der Waals surface area (Å²) in [6.45, 7) is 2.45. The van der Waals surface area contributed by atoms with Crippen molar-refractivity contribution in [3.8, 4) is 0 Å². The van der Waals surface area contributed by atoms with Gasteiger partial charge in [-0.3, -0.25) is 0 Å². The first kappa shape index (κ1) is 6.69. The molecule has 2 aliphatic rings. The van der Waals surface area contributed by atoms with E-state index in [2.05, 4.69) is 6.92 Å². The van der Waals surface area contributed by atoms with Crippen molar-refractivity contribution in [2.24, 2.45) is 17.8 Å². The van der Waals surface area contributed by atoms with Gasteiger partial charge in [-0.25, -0.2) is 0 Å². The summed E-state index contributed by atoms with van der Waals surface area (Å²) < 4.78 is 0. The molecule has 0 aromatic carbocycles. The highest BCUT2D eigenvalue weighted by Gasteiger charge is 2.40. The highest BCUT2D eigenvalue weighted by atomic mass is 14.5. The van der Waals surface area contributed by atoms with E-state index >= 15 is 0 Å². The number of fused-ring (bicyclic) bond motifs is 1. The van der Waals surface area contributed by atoms with Gasteiger partial charge in [0.1, 0.15) is 0 Å². The molecule has 0 N–H and O–H groups in total. The molecule has 2 rings (SSSR count). The molecular weight excluding hydrogens is 120 g/mol. The Morgan fingerprint density at radius 3 is 2.70 bits per heavy atom. The zero-order valence-electron chi connectivity index (χ0n) is 6.97. The van der Waals surface area contributed by atoms with Gasteiger partial charge in [-0.1, -0.05) is 39.0 Å². The topological polar surface area (TPSA) is 0 Å². The Kier molecular flexibility index (Phi) is 1.71. The summed E-state index contributed by atoms with van der Waals surface area (Å²) in [5.74, 6) is 3.38. The van der Waals surface area contributed by atoms with Gasteiger partial charge in [0.05, 0.1) is 0 Å². The van der Waals surface area contributed by atoms with E-state index in [1.54, 1.807) is 12.8 Å². The molecule has 0 heteroatoms. The second-order valence-corrected chi connectivity index (χ2v) is 4.27. The first-order valence-corrected chi connectivity index (χ1v) is 4.88. The van der Waals surface area contributed by atoms with E-state index in [1.165, 1.54) is 25.7 Å². The molecule has 10 heavy (non-hydrogen) atoms. The van der Waals surface area contributed by atoms with Gasteiger partial charge in [-0.05, 0) is 24.2 Å². The maximum Gasteiger partial charge on any atom is -0.0357 e. The normalized spacial score (nSPS) is 47.1. The van der Waals surface area contributed by atoms with Crippen molar-refractivity contribution in [3.05, 3.63) is 0 Å². The third kappa shape index (κ3) is 1.21. The summed E-state index contributed by atoms with van der Waals surface area (Å²) in [4.78, 5) is 0. The summed E-state index contributed by atoms with van der Waals surface area (Å²) >= 11 is 0. The Bertz CT molecular complexity index is 117. The van der Waals surface area contributed by atoms with Crippen molar-refractivity contribution >= 4 is 0 Å². The lowest BCUT2D eigenvalue weighted by atomic mass is 9.93. The third-order valence-electron chi connectivity index (χ3n) is 3.44. The van der Waals surface area contributed by atoms with Crippen LogP contribution < -0.4 is 0 Å². The van der Waals surface area contributed by atoms with Crippen LogP contribution in [0.4, 0.5) is 0 Å². The average molecular weight is 138 g/mol. The predicted octanol–water partition coefficient (Wildman–Crippen LogP) is 3.22. The van der Waals surface area contributed by atoms with Gasteiger partial charge < -0.3 is 0 Å². The van der Waals surface area contributed by atoms with Crippen LogP contribution in [-0.2, 0) is 0 Å². The number of rotatable bonds is 0. The van der Waals surface area contributed by atoms with E-state index in [4.69, 9.17) is 0 Å². The van der Waals surface area contributed by atoms with Crippen molar-refractivity contribution in [3.63, 3.8) is 0 Å². The Labute approximate surface area is 64.0 Å². The second-order valence-electron chi connectivity index (χ2n) is 4.27. The molecule has 0 heterocycles. The molecule has 0 amide bonds. The third-order valence-corrected chi connectivity index (χ3v) is 3.44. The van der Waals surface area contributed by atoms with Crippen molar-refractivity contribution in [1.82, 2.24) is 0 Å². The average Bonchev–Trinajstić information content (AvgIpc) is 2.62. The van der Waals surface area contributed by atoms with Crippen LogP contribution >= 0.6 is 0 Å². The van der Waals surface area contributed by atoms with Gasteiger partial charge in [0.2, 0.25) is 0 Å². The van der Waals surface area contributed by atoms with E-state index in [0.717, 1.165) is 17.8 Å².